The molecule has 1 aromatic rings. The molecule has 0 saturated heterocycles. The predicted octanol–water partition coefficient (Wildman–Crippen LogP) is 3.13. The van der Waals surface area contributed by atoms with E-state index >= 15 is 0 Å². The van der Waals surface area contributed by atoms with E-state index in [2.05, 4.69) is 16.0 Å². The minimum Gasteiger partial charge on any atom is -0.493 e. The normalized spacial score (nSPS) is 16.4. The molecule has 13 heteroatoms. The van der Waals surface area contributed by atoms with Gasteiger partial charge in [0.05, 0.1) is 13.7 Å². The number of hydrogen-bond acceptors (Lipinski definition) is 10. The number of ether oxygens (including phenoxy) is 4. The van der Waals surface area contributed by atoms with Crippen LogP contribution in [0.4, 0.5) is 0 Å². The summed E-state index contributed by atoms with van der Waals surface area (Å²) in [7, 11) is 1.42. The molecule has 47 heavy (non-hydrogen) atoms. The Balaban J connectivity index is 1.55. The molecule has 2 atom stereocenters. The lowest BCUT2D eigenvalue weighted by molar-refractivity contribution is -0.154. The summed E-state index contributed by atoms with van der Waals surface area (Å²) in [6.07, 6.45) is 9.38. The minimum absolute atomic E-state index is 0.00234. The Labute approximate surface area is 275 Å². The number of benzene rings is 1. The van der Waals surface area contributed by atoms with Crippen LogP contribution in [0.2, 0.25) is 0 Å². The molecule has 0 aromatic heterocycles. The van der Waals surface area contributed by atoms with Crippen LogP contribution >= 0.6 is 0 Å². The van der Waals surface area contributed by atoms with E-state index in [1.165, 1.54) is 32.3 Å². The zero-order valence-corrected chi connectivity index (χ0v) is 27.6. The van der Waals surface area contributed by atoms with Gasteiger partial charge in [0.2, 0.25) is 17.7 Å². The molecule has 0 unspecified atom stereocenters. The molecule has 0 aliphatic heterocycles. The number of amides is 3. The minimum atomic E-state index is -1.09. The highest BCUT2D eigenvalue weighted by Crippen LogP contribution is 2.29. The molecule has 0 bridgehead atoms. The molecule has 2 aliphatic rings. The van der Waals surface area contributed by atoms with Crippen LogP contribution < -0.4 is 25.4 Å². The van der Waals surface area contributed by atoms with E-state index in [4.69, 9.17) is 18.9 Å². The third kappa shape index (κ3) is 12.7. The largest absolute Gasteiger partial charge is 0.493 e. The fourth-order valence-corrected chi connectivity index (χ4v) is 5.46. The first kappa shape index (κ1) is 37.0. The third-order valence-electron chi connectivity index (χ3n) is 7.98. The quantitative estimate of drug-likeness (QED) is 0.136. The van der Waals surface area contributed by atoms with Gasteiger partial charge in [0, 0.05) is 19.4 Å². The SMILES string of the molecule is COc1cc(/C=C/C(=O)NCC(=O)N[C@H](C(=O)N[C@H](CCC(=O)OC2CCCC2)C(=O)OC2CCCC2)C(C)C)ccc1OC(C)=O. The summed E-state index contributed by atoms with van der Waals surface area (Å²) in [5.41, 5.74) is 0.585. The topological polar surface area (TPSA) is 175 Å². The van der Waals surface area contributed by atoms with Crippen molar-refractivity contribution in [2.24, 2.45) is 5.92 Å². The zero-order chi connectivity index (χ0) is 34.3. The van der Waals surface area contributed by atoms with E-state index in [-0.39, 0.29) is 36.7 Å². The van der Waals surface area contributed by atoms with Crippen molar-refractivity contribution in [1.29, 1.82) is 0 Å². The molecule has 13 nitrogen and oxygen atoms in total. The van der Waals surface area contributed by atoms with Gasteiger partial charge in [-0.15, -0.1) is 0 Å². The van der Waals surface area contributed by atoms with Gasteiger partial charge in [-0.25, -0.2) is 4.79 Å². The second kappa shape index (κ2) is 18.7. The maximum absolute atomic E-state index is 13.3. The highest BCUT2D eigenvalue weighted by Gasteiger charge is 2.32. The summed E-state index contributed by atoms with van der Waals surface area (Å²) < 4.78 is 21.4. The van der Waals surface area contributed by atoms with E-state index in [0.717, 1.165) is 51.4 Å². The molecule has 0 spiro atoms. The van der Waals surface area contributed by atoms with Crippen molar-refractivity contribution in [3.63, 3.8) is 0 Å². The van der Waals surface area contributed by atoms with Crippen LogP contribution in [-0.2, 0) is 38.2 Å². The van der Waals surface area contributed by atoms with Gasteiger partial charge < -0.3 is 34.9 Å². The summed E-state index contributed by atoms with van der Waals surface area (Å²) in [6, 6.07) is 2.62. The van der Waals surface area contributed by atoms with Crippen LogP contribution in [0.25, 0.3) is 6.08 Å². The Hall–Kier alpha value is -4.42. The lowest BCUT2D eigenvalue weighted by Crippen LogP contribution is -2.55. The first-order valence-electron chi connectivity index (χ1n) is 16.3. The second-order valence-corrected chi connectivity index (χ2v) is 12.2. The fourth-order valence-electron chi connectivity index (χ4n) is 5.46. The van der Waals surface area contributed by atoms with Gasteiger partial charge in [0.15, 0.2) is 11.5 Å². The zero-order valence-electron chi connectivity index (χ0n) is 27.6. The molecule has 3 amide bonds. The number of carbonyl (C=O) groups is 6. The summed E-state index contributed by atoms with van der Waals surface area (Å²) >= 11 is 0. The fraction of sp³-hybridized carbons (Fsp3) is 0.588. The molecule has 0 heterocycles. The smallest absolute Gasteiger partial charge is 0.328 e. The first-order valence-corrected chi connectivity index (χ1v) is 16.3. The average molecular weight is 658 g/mol. The number of carbonyl (C=O) groups excluding carboxylic acids is 6. The van der Waals surface area contributed by atoms with E-state index in [0.29, 0.717) is 11.3 Å². The summed E-state index contributed by atoms with van der Waals surface area (Å²) in [5, 5.41) is 7.77. The van der Waals surface area contributed by atoms with E-state index in [1.54, 1.807) is 26.0 Å². The van der Waals surface area contributed by atoms with Gasteiger partial charge in [-0.1, -0.05) is 19.9 Å². The highest BCUT2D eigenvalue weighted by atomic mass is 16.6. The molecular weight excluding hydrogens is 610 g/mol. The maximum Gasteiger partial charge on any atom is 0.328 e. The average Bonchev–Trinajstić information content (AvgIpc) is 3.74. The van der Waals surface area contributed by atoms with Crippen LogP contribution in [0.3, 0.4) is 0 Å². The number of rotatable bonds is 16. The van der Waals surface area contributed by atoms with Crippen molar-refractivity contribution in [2.45, 2.75) is 109 Å². The lowest BCUT2D eigenvalue weighted by atomic mass is 10.0. The second-order valence-electron chi connectivity index (χ2n) is 12.2. The number of methoxy groups -OCH3 is 1. The van der Waals surface area contributed by atoms with Crippen molar-refractivity contribution in [1.82, 2.24) is 16.0 Å². The first-order chi connectivity index (χ1) is 22.4. The van der Waals surface area contributed by atoms with Crippen molar-refractivity contribution < 1.29 is 47.7 Å². The van der Waals surface area contributed by atoms with Gasteiger partial charge in [-0.2, -0.15) is 0 Å². The van der Waals surface area contributed by atoms with Gasteiger partial charge >= 0.3 is 17.9 Å². The molecule has 2 aliphatic carbocycles. The lowest BCUT2D eigenvalue weighted by Gasteiger charge is -2.25. The summed E-state index contributed by atoms with van der Waals surface area (Å²) in [5.74, 6) is -3.15. The van der Waals surface area contributed by atoms with Gasteiger partial charge in [-0.05, 0) is 87.5 Å². The molecule has 258 valence electrons. The monoisotopic (exact) mass is 657 g/mol. The molecule has 1 aromatic carbocycles. The number of esters is 3. The molecular formula is C34H47N3O10. The van der Waals surface area contributed by atoms with Gasteiger partial charge in [0.1, 0.15) is 24.3 Å². The number of nitrogens with one attached hydrogen (secondary N) is 3. The Bertz CT molecular complexity index is 1300. The van der Waals surface area contributed by atoms with Crippen LogP contribution in [0.15, 0.2) is 24.3 Å². The summed E-state index contributed by atoms with van der Waals surface area (Å²) in [4.78, 5) is 75.3. The van der Waals surface area contributed by atoms with Gasteiger partial charge in [0.25, 0.3) is 0 Å². The highest BCUT2D eigenvalue weighted by molar-refractivity contribution is 5.96. The molecule has 3 rings (SSSR count). The van der Waals surface area contributed by atoms with Crippen molar-refractivity contribution in [2.75, 3.05) is 13.7 Å². The van der Waals surface area contributed by atoms with Gasteiger partial charge in [-0.3, -0.25) is 24.0 Å². The van der Waals surface area contributed by atoms with E-state index < -0.39 is 54.3 Å². The van der Waals surface area contributed by atoms with E-state index in [1.807, 2.05) is 0 Å². The molecule has 3 N–H and O–H groups in total. The van der Waals surface area contributed by atoms with Crippen LogP contribution in [0.5, 0.6) is 11.5 Å². The van der Waals surface area contributed by atoms with Crippen LogP contribution in [0.1, 0.15) is 90.5 Å². The van der Waals surface area contributed by atoms with Crippen LogP contribution in [-0.4, -0.2) is 73.6 Å². The Kier molecular flexibility index (Phi) is 14.7. The third-order valence-corrected chi connectivity index (χ3v) is 7.98. The summed E-state index contributed by atoms with van der Waals surface area (Å²) in [6.45, 7) is 4.33. The maximum atomic E-state index is 13.3. The predicted molar refractivity (Wildman–Crippen MR) is 171 cm³/mol. The number of hydrogen-bond donors (Lipinski definition) is 3. The Morgan fingerprint density at radius 3 is 2.13 bits per heavy atom. The van der Waals surface area contributed by atoms with Crippen molar-refractivity contribution in [3.8, 4) is 11.5 Å². The Morgan fingerprint density at radius 2 is 1.53 bits per heavy atom. The van der Waals surface area contributed by atoms with Crippen molar-refractivity contribution >= 4 is 41.7 Å². The molecule has 0 radical (unpaired) electrons. The Morgan fingerprint density at radius 1 is 0.894 bits per heavy atom. The standard InChI is InChI=1S/C34H47N3O10/c1-21(2)32(37-30(40)20-35-29(39)17-14-23-13-16-27(45-22(3)38)28(19-23)44-4)33(42)36-26(34(43)47-25-11-7-8-12-25)15-18-31(41)46-24-9-5-6-10-24/h13-14,16-17,19,21,24-26,32H,5-12,15,18,20H2,1-4H3,(H,35,39)(H,36,42)(H,37,40)/b17-14+/t26-,32+/m1/s1. The van der Waals surface area contributed by atoms with Crippen molar-refractivity contribution in [3.05, 3.63) is 29.8 Å². The van der Waals surface area contributed by atoms with Crippen LogP contribution in [0, 0.1) is 5.92 Å². The molecule has 2 saturated carbocycles. The van der Waals surface area contributed by atoms with E-state index in [9.17, 15) is 28.8 Å². The molecule has 2 fully saturated rings.